The average molecular weight is 298 g/mol. The van der Waals surface area contributed by atoms with E-state index in [4.69, 9.17) is 5.73 Å². The highest BCUT2D eigenvalue weighted by atomic mass is 79.9. The average Bonchev–Trinajstić information content (AvgIpc) is 2.28. The predicted molar refractivity (Wildman–Crippen MR) is 77.7 cm³/mol. The maximum Gasteiger partial charge on any atom is 0.0618 e. The highest BCUT2D eigenvalue weighted by Crippen LogP contribution is 2.36. The second-order valence-corrected chi connectivity index (χ2v) is 6.01. The topological polar surface area (TPSA) is 41.3 Å². The number of hydrogen-bond donors (Lipinski definition) is 2. The van der Waals surface area contributed by atoms with E-state index in [1.54, 1.807) is 0 Å². The molecule has 0 unspecified atom stereocenters. The lowest BCUT2D eigenvalue weighted by Crippen LogP contribution is -2.49. The summed E-state index contributed by atoms with van der Waals surface area (Å²) in [6.07, 6.45) is 0.999. The van der Waals surface area contributed by atoms with Gasteiger partial charge in [-0.15, -0.1) is 0 Å². The van der Waals surface area contributed by atoms with Crippen LogP contribution < -0.4 is 16.0 Å². The monoisotopic (exact) mass is 297 g/mol. The summed E-state index contributed by atoms with van der Waals surface area (Å²) in [7, 11) is 0. The van der Waals surface area contributed by atoms with E-state index in [1.807, 2.05) is 0 Å². The molecule has 0 aliphatic carbocycles. The third-order valence-electron chi connectivity index (χ3n) is 3.39. The molecule has 1 aromatic carbocycles. The Balaban J connectivity index is 2.36. The Morgan fingerprint density at radius 3 is 2.94 bits per heavy atom. The van der Waals surface area contributed by atoms with Gasteiger partial charge in [0.15, 0.2) is 0 Å². The second-order valence-electron chi connectivity index (χ2n) is 5.09. The van der Waals surface area contributed by atoms with Crippen molar-refractivity contribution in [3.63, 3.8) is 0 Å². The number of anilines is 2. The third-order valence-corrected chi connectivity index (χ3v) is 3.88. The molecular weight excluding hydrogens is 278 g/mol. The Kier molecular flexibility index (Phi) is 3.64. The van der Waals surface area contributed by atoms with Gasteiger partial charge in [0.05, 0.1) is 11.4 Å². The minimum Gasteiger partial charge on any atom is -0.382 e. The zero-order valence-corrected chi connectivity index (χ0v) is 12.0. The summed E-state index contributed by atoms with van der Waals surface area (Å²) in [4.78, 5) is 2.45. The van der Waals surface area contributed by atoms with Crippen LogP contribution in [0.4, 0.5) is 11.4 Å². The number of hydrogen-bond acceptors (Lipinski definition) is 3. The summed E-state index contributed by atoms with van der Waals surface area (Å²) in [6, 6.07) is 6.38. The molecule has 94 valence electrons. The number of halogens is 1. The van der Waals surface area contributed by atoms with Crippen LogP contribution in [0, 0.1) is 0 Å². The standard InChI is InChI=1S/C13H20BrN3/c1-13(2,5-6-15)17-8-7-16-11-4-3-10(14)9-12(11)17/h3-4,9,16H,5-8,15H2,1-2H3. The normalized spacial score (nSPS) is 15.4. The molecule has 0 saturated heterocycles. The number of rotatable bonds is 3. The number of nitrogens with two attached hydrogens (primary N) is 1. The van der Waals surface area contributed by atoms with E-state index in [-0.39, 0.29) is 5.54 Å². The van der Waals surface area contributed by atoms with E-state index >= 15 is 0 Å². The molecule has 0 radical (unpaired) electrons. The summed E-state index contributed by atoms with van der Waals surface area (Å²) in [5.74, 6) is 0. The van der Waals surface area contributed by atoms with Crippen LogP contribution >= 0.6 is 15.9 Å². The molecule has 1 heterocycles. The Bertz CT molecular complexity index is 404. The van der Waals surface area contributed by atoms with Gasteiger partial charge in [-0.05, 0) is 45.0 Å². The van der Waals surface area contributed by atoms with Crippen LogP contribution in [-0.4, -0.2) is 25.2 Å². The molecule has 0 amide bonds. The molecule has 0 atom stereocenters. The molecule has 0 bridgehead atoms. The van der Waals surface area contributed by atoms with Gasteiger partial charge in [-0.2, -0.15) is 0 Å². The molecule has 17 heavy (non-hydrogen) atoms. The Morgan fingerprint density at radius 2 is 2.24 bits per heavy atom. The lowest BCUT2D eigenvalue weighted by atomic mass is 9.96. The fourth-order valence-corrected chi connectivity index (χ4v) is 2.77. The molecule has 1 aliphatic heterocycles. The van der Waals surface area contributed by atoms with E-state index in [0.717, 1.165) is 30.5 Å². The highest BCUT2D eigenvalue weighted by Gasteiger charge is 2.29. The fraction of sp³-hybridized carbons (Fsp3) is 0.538. The number of benzene rings is 1. The van der Waals surface area contributed by atoms with Crippen molar-refractivity contribution in [3.8, 4) is 0 Å². The van der Waals surface area contributed by atoms with Crippen LogP contribution in [-0.2, 0) is 0 Å². The number of nitrogens with one attached hydrogen (secondary N) is 1. The molecule has 0 fully saturated rings. The minimum atomic E-state index is 0.104. The summed E-state index contributed by atoms with van der Waals surface area (Å²) in [5, 5.41) is 3.44. The molecule has 0 aromatic heterocycles. The van der Waals surface area contributed by atoms with Crippen LogP contribution in [0.5, 0.6) is 0 Å². The first-order chi connectivity index (χ1) is 8.04. The first kappa shape index (κ1) is 12.7. The highest BCUT2D eigenvalue weighted by molar-refractivity contribution is 9.10. The Hall–Kier alpha value is -0.740. The van der Waals surface area contributed by atoms with Crippen molar-refractivity contribution in [1.82, 2.24) is 0 Å². The fourth-order valence-electron chi connectivity index (χ4n) is 2.42. The van der Waals surface area contributed by atoms with Crippen molar-refractivity contribution in [2.24, 2.45) is 5.73 Å². The SMILES string of the molecule is CC(C)(CCN)N1CCNc2ccc(Br)cc21. The van der Waals surface area contributed by atoms with E-state index in [9.17, 15) is 0 Å². The van der Waals surface area contributed by atoms with Gasteiger partial charge < -0.3 is 16.0 Å². The molecule has 0 saturated carbocycles. The van der Waals surface area contributed by atoms with E-state index in [0.29, 0.717) is 0 Å². The second kappa shape index (κ2) is 4.86. The zero-order valence-electron chi connectivity index (χ0n) is 10.5. The lowest BCUT2D eigenvalue weighted by molar-refractivity contribution is 0.433. The summed E-state index contributed by atoms with van der Waals surface area (Å²) in [6.45, 7) is 7.26. The number of nitrogens with zero attached hydrogens (tertiary/aromatic N) is 1. The van der Waals surface area contributed by atoms with E-state index in [1.165, 1.54) is 11.4 Å². The molecule has 4 heteroatoms. The molecule has 3 N–H and O–H groups in total. The van der Waals surface area contributed by atoms with Crippen molar-refractivity contribution in [2.75, 3.05) is 29.9 Å². The smallest absolute Gasteiger partial charge is 0.0618 e. The Morgan fingerprint density at radius 1 is 1.47 bits per heavy atom. The molecule has 0 spiro atoms. The third kappa shape index (κ3) is 2.58. The van der Waals surface area contributed by atoms with E-state index in [2.05, 4.69) is 58.2 Å². The predicted octanol–water partition coefficient (Wildman–Crippen LogP) is 2.81. The Labute approximate surface area is 111 Å². The van der Waals surface area contributed by atoms with Crippen LogP contribution in [0.15, 0.2) is 22.7 Å². The van der Waals surface area contributed by atoms with Gasteiger partial charge in [0, 0.05) is 23.1 Å². The largest absolute Gasteiger partial charge is 0.382 e. The van der Waals surface area contributed by atoms with Crippen molar-refractivity contribution in [3.05, 3.63) is 22.7 Å². The molecule has 2 rings (SSSR count). The van der Waals surface area contributed by atoms with Crippen LogP contribution in [0.25, 0.3) is 0 Å². The quantitative estimate of drug-likeness (QED) is 0.901. The van der Waals surface area contributed by atoms with E-state index < -0.39 is 0 Å². The number of fused-ring (bicyclic) bond motifs is 1. The molecular formula is C13H20BrN3. The van der Waals surface area contributed by atoms with Crippen LogP contribution in [0.1, 0.15) is 20.3 Å². The van der Waals surface area contributed by atoms with Crippen LogP contribution in [0.2, 0.25) is 0 Å². The van der Waals surface area contributed by atoms with Gasteiger partial charge >= 0.3 is 0 Å². The molecule has 1 aromatic rings. The zero-order chi connectivity index (χ0) is 12.5. The maximum atomic E-state index is 5.72. The summed E-state index contributed by atoms with van der Waals surface area (Å²) >= 11 is 3.54. The van der Waals surface area contributed by atoms with Crippen molar-refractivity contribution in [2.45, 2.75) is 25.8 Å². The summed E-state index contributed by atoms with van der Waals surface area (Å²) < 4.78 is 1.12. The molecule has 3 nitrogen and oxygen atoms in total. The van der Waals surface area contributed by atoms with Gasteiger partial charge in [0.25, 0.3) is 0 Å². The van der Waals surface area contributed by atoms with Crippen molar-refractivity contribution in [1.29, 1.82) is 0 Å². The van der Waals surface area contributed by atoms with Gasteiger partial charge in [0.2, 0.25) is 0 Å². The van der Waals surface area contributed by atoms with Crippen LogP contribution in [0.3, 0.4) is 0 Å². The van der Waals surface area contributed by atoms with Gasteiger partial charge in [-0.25, -0.2) is 0 Å². The summed E-state index contributed by atoms with van der Waals surface area (Å²) in [5.41, 5.74) is 8.30. The molecule has 1 aliphatic rings. The van der Waals surface area contributed by atoms with Gasteiger partial charge in [-0.3, -0.25) is 0 Å². The lowest BCUT2D eigenvalue weighted by Gasteiger charge is -2.44. The van der Waals surface area contributed by atoms with Gasteiger partial charge in [-0.1, -0.05) is 15.9 Å². The van der Waals surface area contributed by atoms with Crippen molar-refractivity contribution < 1.29 is 0 Å². The first-order valence-corrected chi connectivity index (χ1v) is 6.85. The maximum absolute atomic E-state index is 5.72. The van der Waals surface area contributed by atoms with Gasteiger partial charge in [0.1, 0.15) is 0 Å². The first-order valence-electron chi connectivity index (χ1n) is 6.06. The van der Waals surface area contributed by atoms with Crippen molar-refractivity contribution >= 4 is 27.3 Å². The minimum absolute atomic E-state index is 0.104.